The topological polar surface area (TPSA) is 44.8 Å². The molecule has 1 unspecified atom stereocenters. The first-order valence-electron chi connectivity index (χ1n) is 5.65. The lowest BCUT2D eigenvalue weighted by Crippen LogP contribution is -2.30. The number of hydrogen-bond donors (Lipinski definition) is 0. The number of aryl methyl sites for hydroxylation is 1. The number of carbonyl (C=O) groups excluding carboxylic acids is 1. The quantitative estimate of drug-likeness (QED) is 0.758. The van der Waals surface area contributed by atoms with Gasteiger partial charge in [0, 0.05) is 5.56 Å². The van der Waals surface area contributed by atoms with E-state index in [4.69, 9.17) is 9.47 Å². The van der Waals surface area contributed by atoms with Crippen LogP contribution in [0.1, 0.15) is 18.1 Å². The van der Waals surface area contributed by atoms with Gasteiger partial charge in [0.1, 0.15) is 13.2 Å². The van der Waals surface area contributed by atoms with E-state index in [2.05, 4.69) is 4.74 Å². The fourth-order valence-corrected chi connectivity index (χ4v) is 2.00. The van der Waals surface area contributed by atoms with Crippen LogP contribution in [0.4, 0.5) is 4.39 Å². The van der Waals surface area contributed by atoms with Crippen LogP contribution in [0.3, 0.4) is 0 Å². The average Bonchev–Trinajstić information content (AvgIpc) is 2.36. The monoisotopic (exact) mass is 254 g/mol. The van der Waals surface area contributed by atoms with Crippen molar-refractivity contribution in [3.63, 3.8) is 0 Å². The van der Waals surface area contributed by atoms with E-state index in [9.17, 15) is 9.18 Å². The van der Waals surface area contributed by atoms with E-state index in [1.54, 1.807) is 13.0 Å². The fourth-order valence-electron chi connectivity index (χ4n) is 2.00. The molecule has 1 heterocycles. The van der Waals surface area contributed by atoms with Gasteiger partial charge in [-0.05, 0) is 31.5 Å². The Morgan fingerprint density at radius 2 is 1.89 bits per heavy atom. The summed E-state index contributed by atoms with van der Waals surface area (Å²) < 4.78 is 29.7. The van der Waals surface area contributed by atoms with Crippen molar-refractivity contribution in [1.29, 1.82) is 0 Å². The van der Waals surface area contributed by atoms with Crippen molar-refractivity contribution < 1.29 is 23.4 Å². The van der Waals surface area contributed by atoms with Gasteiger partial charge in [-0.1, -0.05) is 0 Å². The summed E-state index contributed by atoms with van der Waals surface area (Å²) >= 11 is 0. The number of benzene rings is 1. The Labute approximate surface area is 105 Å². The second-order valence-corrected chi connectivity index (χ2v) is 4.31. The molecule has 1 aliphatic rings. The van der Waals surface area contributed by atoms with Gasteiger partial charge in [0.15, 0.2) is 11.5 Å². The molecule has 1 atom stereocenters. The minimum atomic E-state index is -2.20. The third-order valence-electron chi connectivity index (χ3n) is 2.96. The van der Waals surface area contributed by atoms with Crippen LogP contribution in [-0.4, -0.2) is 26.3 Å². The van der Waals surface area contributed by atoms with Crippen molar-refractivity contribution in [1.82, 2.24) is 0 Å². The zero-order chi connectivity index (χ0) is 13.3. The van der Waals surface area contributed by atoms with E-state index in [-0.39, 0.29) is 5.56 Å². The van der Waals surface area contributed by atoms with E-state index in [0.717, 1.165) is 7.11 Å². The van der Waals surface area contributed by atoms with Gasteiger partial charge in [0.05, 0.1) is 7.11 Å². The van der Waals surface area contributed by atoms with Gasteiger partial charge in [-0.15, -0.1) is 0 Å². The number of halogens is 1. The van der Waals surface area contributed by atoms with Gasteiger partial charge in [-0.25, -0.2) is 9.18 Å². The number of methoxy groups -OCH3 is 1. The Morgan fingerprint density at radius 3 is 2.44 bits per heavy atom. The van der Waals surface area contributed by atoms with Crippen molar-refractivity contribution in [3.8, 4) is 11.5 Å². The highest BCUT2D eigenvalue weighted by Gasteiger charge is 2.38. The van der Waals surface area contributed by atoms with Crippen LogP contribution in [0.2, 0.25) is 0 Å². The molecular weight excluding hydrogens is 239 g/mol. The standard InChI is InChI=1S/C13H15FO4/c1-8-6-10-11(18-5-4-17-10)7-9(8)13(2,14)12(15)16-3/h6-7H,4-5H2,1-3H3. The number of fused-ring (bicyclic) bond motifs is 1. The van der Waals surface area contributed by atoms with Crippen LogP contribution in [0, 0.1) is 6.92 Å². The Balaban J connectivity index is 2.48. The number of hydrogen-bond acceptors (Lipinski definition) is 4. The normalized spacial score (nSPS) is 16.9. The highest BCUT2D eigenvalue weighted by Crippen LogP contribution is 2.38. The molecule has 0 saturated carbocycles. The smallest absolute Gasteiger partial charge is 0.348 e. The van der Waals surface area contributed by atoms with Crippen molar-refractivity contribution >= 4 is 5.97 Å². The summed E-state index contributed by atoms with van der Waals surface area (Å²) in [6.07, 6.45) is 0. The number of rotatable bonds is 2. The highest BCUT2D eigenvalue weighted by molar-refractivity contribution is 5.81. The largest absolute Gasteiger partial charge is 0.486 e. The summed E-state index contributed by atoms with van der Waals surface area (Å²) in [4.78, 5) is 11.5. The first-order valence-corrected chi connectivity index (χ1v) is 5.65. The van der Waals surface area contributed by atoms with Gasteiger partial charge < -0.3 is 14.2 Å². The van der Waals surface area contributed by atoms with Crippen LogP contribution >= 0.6 is 0 Å². The molecule has 4 nitrogen and oxygen atoms in total. The molecule has 1 aromatic rings. The fraction of sp³-hybridized carbons (Fsp3) is 0.462. The lowest BCUT2D eigenvalue weighted by Gasteiger charge is -2.24. The van der Waals surface area contributed by atoms with E-state index in [0.29, 0.717) is 30.3 Å². The minimum Gasteiger partial charge on any atom is -0.486 e. The van der Waals surface area contributed by atoms with Gasteiger partial charge in [0.25, 0.3) is 0 Å². The predicted octanol–water partition coefficient (Wildman–Crippen LogP) is 2.12. The number of esters is 1. The molecule has 0 spiro atoms. The molecular formula is C13H15FO4. The van der Waals surface area contributed by atoms with E-state index >= 15 is 0 Å². The van der Waals surface area contributed by atoms with Gasteiger partial charge >= 0.3 is 5.97 Å². The Morgan fingerprint density at radius 1 is 1.33 bits per heavy atom. The van der Waals surface area contributed by atoms with Gasteiger partial charge in [-0.3, -0.25) is 0 Å². The maximum atomic E-state index is 14.5. The SMILES string of the molecule is COC(=O)C(C)(F)c1cc2c(cc1C)OCCO2. The van der Waals surface area contributed by atoms with Gasteiger partial charge in [0.2, 0.25) is 5.67 Å². The molecule has 1 aliphatic heterocycles. The molecule has 0 fully saturated rings. The molecule has 5 heteroatoms. The predicted molar refractivity (Wildman–Crippen MR) is 62.6 cm³/mol. The molecule has 2 rings (SSSR count). The first-order chi connectivity index (χ1) is 8.46. The summed E-state index contributed by atoms with van der Waals surface area (Å²) in [6, 6.07) is 3.17. The van der Waals surface area contributed by atoms with Crippen molar-refractivity contribution in [2.24, 2.45) is 0 Å². The molecule has 0 N–H and O–H groups in total. The maximum Gasteiger partial charge on any atom is 0.348 e. The van der Waals surface area contributed by atoms with E-state index in [1.165, 1.54) is 13.0 Å². The number of alkyl halides is 1. The molecule has 0 aromatic heterocycles. The van der Waals surface area contributed by atoms with Crippen molar-refractivity contribution in [2.75, 3.05) is 20.3 Å². The van der Waals surface area contributed by atoms with Gasteiger partial charge in [-0.2, -0.15) is 0 Å². The Hall–Kier alpha value is -1.78. The Bertz CT molecular complexity index is 482. The summed E-state index contributed by atoms with van der Waals surface area (Å²) in [7, 11) is 1.16. The van der Waals surface area contributed by atoms with Crippen molar-refractivity contribution in [2.45, 2.75) is 19.5 Å². The van der Waals surface area contributed by atoms with Crippen LogP contribution in [0.15, 0.2) is 12.1 Å². The second kappa shape index (κ2) is 4.48. The molecule has 98 valence electrons. The number of ether oxygens (including phenoxy) is 3. The van der Waals surface area contributed by atoms with Crippen molar-refractivity contribution in [3.05, 3.63) is 23.3 Å². The molecule has 0 aliphatic carbocycles. The zero-order valence-electron chi connectivity index (χ0n) is 10.6. The zero-order valence-corrected chi connectivity index (χ0v) is 10.6. The third kappa shape index (κ3) is 2.00. The van der Waals surface area contributed by atoms with Crippen LogP contribution in [0.5, 0.6) is 11.5 Å². The second-order valence-electron chi connectivity index (χ2n) is 4.31. The molecule has 0 bridgehead atoms. The molecule has 0 saturated heterocycles. The Kier molecular flexibility index (Phi) is 3.15. The molecule has 18 heavy (non-hydrogen) atoms. The average molecular weight is 254 g/mol. The maximum absolute atomic E-state index is 14.5. The van der Waals surface area contributed by atoms with E-state index < -0.39 is 11.6 Å². The van der Waals surface area contributed by atoms with Crippen LogP contribution in [0.25, 0.3) is 0 Å². The summed E-state index contributed by atoms with van der Waals surface area (Å²) in [5.74, 6) is 0.0973. The summed E-state index contributed by atoms with van der Waals surface area (Å²) in [6.45, 7) is 3.78. The lowest BCUT2D eigenvalue weighted by molar-refractivity contribution is -0.154. The van der Waals surface area contributed by atoms with Crippen LogP contribution in [-0.2, 0) is 15.2 Å². The summed E-state index contributed by atoms with van der Waals surface area (Å²) in [5, 5.41) is 0. The number of carbonyl (C=O) groups is 1. The lowest BCUT2D eigenvalue weighted by atomic mass is 9.93. The first kappa shape index (κ1) is 12.7. The highest BCUT2D eigenvalue weighted by atomic mass is 19.1. The molecule has 0 amide bonds. The van der Waals surface area contributed by atoms with E-state index in [1.807, 2.05) is 0 Å². The molecule has 1 aromatic carbocycles. The summed E-state index contributed by atoms with van der Waals surface area (Å²) in [5.41, 5.74) is -1.34. The van der Waals surface area contributed by atoms with Crippen LogP contribution < -0.4 is 9.47 Å². The molecule has 0 radical (unpaired) electrons. The minimum absolute atomic E-state index is 0.235. The third-order valence-corrected chi connectivity index (χ3v) is 2.96.